The van der Waals surface area contributed by atoms with Gasteiger partial charge < -0.3 is 9.88 Å². The second kappa shape index (κ2) is 6.05. The Hall–Kier alpha value is -2.57. The van der Waals surface area contributed by atoms with E-state index in [2.05, 4.69) is 5.32 Å². The third kappa shape index (κ3) is 3.75. The molecule has 0 aliphatic carbocycles. The van der Waals surface area contributed by atoms with E-state index in [0.717, 1.165) is 12.1 Å². The number of carbonyl (C=O) groups excluding carboxylic acids is 1. The van der Waals surface area contributed by atoms with Crippen LogP contribution in [-0.4, -0.2) is 10.5 Å². The van der Waals surface area contributed by atoms with Crippen LogP contribution in [0.15, 0.2) is 47.4 Å². The largest absolute Gasteiger partial charge is 0.416 e. The van der Waals surface area contributed by atoms with Crippen LogP contribution in [0.4, 0.5) is 18.9 Å². The highest BCUT2D eigenvalue weighted by Crippen LogP contribution is 2.29. The summed E-state index contributed by atoms with van der Waals surface area (Å²) >= 11 is 0. The van der Waals surface area contributed by atoms with Gasteiger partial charge in [0.1, 0.15) is 6.54 Å². The summed E-state index contributed by atoms with van der Waals surface area (Å²) in [5.74, 6) is -0.493. The maximum absolute atomic E-state index is 12.4. The van der Waals surface area contributed by atoms with Crippen molar-refractivity contribution in [2.45, 2.75) is 19.6 Å². The number of alkyl halides is 3. The maximum atomic E-state index is 12.4. The minimum Gasteiger partial charge on any atom is -0.325 e. The van der Waals surface area contributed by atoms with Crippen molar-refractivity contribution in [3.63, 3.8) is 0 Å². The minimum absolute atomic E-state index is 0.207. The van der Waals surface area contributed by atoms with Crippen LogP contribution in [0.2, 0.25) is 0 Å². The summed E-state index contributed by atoms with van der Waals surface area (Å²) in [7, 11) is 0. The van der Waals surface area contributed by atoms with Crippen LogP contribution in [0, 0.1) is 6.92 Å². The van der Waals surface area contributed by atoms with Gasteiger partial charge >= 0.3 is 6.18 Å². The second-order valence-corrected chi connectivity index (χ2v) is 4.75. The van der Waals surface area contributed by atoms with Crippen molar-refractivity contribution in [3.8, 4) is 0 Å². The summed E-state index contributed by atoms with van der Waals surface area (Å²) in [6.45, 7) is 1.42. The number of pyridine rings is 1. The van der Waals surface area contributed by atoms with Gasteiger partial charge in [-0.1, -0.05) is 6.07 Å². The Bertz CT molecular complexity index is 734. The first-order chi connectivity index (χ1) is 10.3. The van der Waals surface area contributed by atoms with Crippen LogP contribution in [0.3, 0.4) is 0 Å². The maximum Gasteiger partial charge on any atom is 0.416 e. The van der Waals surface area contributed by atoms with Gasteiger partial charge in [0, 0.05) is 17.4 Å². The highest BCUT2D eigenvalue weighted by Gasteiger charge is 2.29. The molecule has 1 amide bonds. The number of nitrogens with one attached hydrogen (secondary N) is 1. The Labute approximate surface area is 124 Å². The summed E-state index contributed by atoms with van der Waals surface area (Å²) in [6.07, 6.45) is -2.95. The predicted octanol–water partition coefficient (Wildman–Crippen LogP) is 2.81. The van der Waals surface area contributed by atoms with Crippen molar-refractivity contribution in [1.29, 1.82) is 0 Å². The molecule has 1 aromatic carbocycles. The van der Waals surface area contributed by atoms with Gasteiger partial charge in [0.25, 0.3) is 5.56 Å². The standard InChI is InChI=1S/C15H13F3N2O2/c1-10-3-2-8-20(14(10)22)9-13(21)19-12-6-4-11(5-7-12)15(16,17)18/h2-8H,9H2,1H3,(H,19,21). The molecule has 2 rings (SSSR count). The number of halogens is 3. The number of benzene rings is 1. The van der Waals surface area contributed by atoms with Crippen molar-refractivity contribution in [2.75, 3.05) is 5.32 Å². The molecule has 0 saturated carbocycles. The van der Waals surface area contributed by atoms with Gasteiger partial charge in [-0.3, -0.25) is 9.59 Å². The summed E-state index contributed by atoms with van der Waals surface area (Å²) in [6, 6.07) is 7.37. The van der Waals surface area contributed by atoms with Gasteiger partial charge in [-0.05, 0) is 37.3 Å². The SMILES string of the molecule is Cc1cccn(CC(=O)Nc2ccc(C(F)(F)F)cc2)c1=O. The lowest BCUT2D eigenvalue weighted by Gasteiger charge is -2.10. The van der Waals surface area contributed by atoms with E-state index in [4.69, 9.17) is 0 Å². The number of aryl methyl sites for hydroxylation is 1. The summed E-state index contributed by atoms with van der Waals surface area (Å²) < 4.78 is 38.5. The Kier molecular flexibility index (Phi) is 4.35. The van der Waals surface area contributed by atoms with Crippen LogP contribution in [0.1, 0.15) is 11.1 Å². The average molecular weight is 310 g/mol. The van der Waals surface area contributed by atoms with Crippen molar-refractivity contribution in [1.82, 2.24) is 4.57 Å². The number of carbonyl (C=O) groups is 1. The quantitative estimate of drug-likeness (QED) is 0.948. The minimum atomic E-state index is -4.42. The Morgan fingerprint density at radius 2 is 1.82 bits per heavy atom. The van der Waals surface area contributed by atoms with E-state index in [1.54, 1.807) is 19.1 Å². The monoisotopic (exact) mass is 310 g/mol. The van der Waals surface area contributed by atoms with Gasteiger partial charge in [0.15, 0.2) is 0 Å². The summed E-state index contributed by atoms with van der Waals surface area (Å²) in [5.41, 5.74) is -0.339. The fourth-order valence-electron chi connectivity index (χ4n) is 1.88. The van der Waals surface area contributed by atoms with Crippen LogP contribution < -0.4 is 10.9 Å². The molecular formula is C15H13F3N2O2. The summed E-state index contributed by atoms with van der Waals surface area (Å²) in [5, 5.41) is 2.45. The molecule has 22 heavy (non-hydrogen) atoms. The number of aromatic nitrogens is 1. The number of amides is 1. The van der Waals surface area contributed by atoms with Crippen LogP contribution in [0.25, 0.3) is 0 Å². The summed E-state index contributed by atoms with van der Waals surface area (Å²) in [4.78, 5) is 23.6. The molecule has 0 fully saturated rings. The van der Waals surface area contributed by atoms with E-state index in [1.165, 1.54) is 22.9 Å². The number of nitrogens with zero attached hydrogens (tertiary/aromatic N) is 1. The number of hydrogen-bond acceptors (Lipinski definition) is 2. The fourth-order valence-corrected chi connectivity index (χ4v) is 1.88. The molecule has 4 nitrogen and oxygen atoms in total. The number of anilines is 1. The lowest BCUT2D eigenvalue weighted by molar-refractivity contribution is -0.137. The van der Waals surface area contributed by atoms with Crippen molar-refractivity contribution < 1.29 is 18.0 Å². The zero-order valence-corrected chi connectivity index (χ0v) is 11.6. The molecule has 1 heterocycles. The van der Waals surface area contributed by atoms with E-state index in [0.29, 0.717) is 5.56 Å². The second-order valence-electron chi connectivity index (χ2n) is 4.75. The van der Waals surface area contributed by atoms with Crippen molar-refractivity contribution in [2.24, 2.45) is 0 Å². The van der Waals surface area contributed by atoms with E-state index in [1.807, 2.05) is 0 Å². The molecule has 1 aromatic heterocycles. The van der Waals surface area contributed by atoms with E-state index in [9.17, 15) is 22.8 Å². The molecule has 0 saturated heterocycles. The molecule has 7 heteroatoms. The van der Waals surface area contributed by atoms with E-state index in [-0.39, 0.29) is 17.8 Å². The van der Waals surface area contributed by atoms with E-state index >= 15 is 0 Å². The van der Waals surface area contributed by atoms with E-state index < -0.39 is 17.6 Å². The lowest BCUT2D eigenvalue weighted by atomic mass is 10.2. The first-order valence-corrected chi connectivity index (χ1v) is 6.40. The molecule has 0 atom stereocenters. The molecule has 0 aliphatic rings. The molecule has 0 bridgehead atoms. The Morgan fingerprint density at radius 1 is 1.18 bits per heavy atom. The molecule has 0 radical (unpaired) electrons. The fraction of sp³-hybridized carbons (Fsp3) is 0.200. The van der Waals surface area contributed by atoms with Gasteiger partial charge in [-0.2, -0.15) is 13.2 Å². The van der Waals surface area contributed by atoms with Crippen LogP contribution >= 0.6 is 0 Å². The molecule has 0 spiro atoms. The Balaban J connectivity index is 2.06. The first kappa shape index (κ1) is 15.8. The third-order valence-electron chi connectivity index (χ3n) is 3.02. The van der Waals surface area contributed by atoms with Crippen LogP contribution in [0.5, 0.6) is 0 Å². The zero-order chi connectivity index (χ0) is 16.3. The third-order valence-corrected chi connectivity index (χ3v) is 3.02. The molecule has 116 valence electrons. The van der Waals surface area contributed by atoms with Crippen molar-refractivity contribution >= 4 is 11.6 Å². The average Bonchev–Trinajstić information content (AvgIpc) is 2.43. The predicted molar refractivity (Wildman–Crippen MR) is 75.5 cm³/mol. The van der Waals surface area contributed by atoms with Gasteiger partial charge in [0.2, 0.25) is 5.91 Å². The smallest absolute Gasteiger partial charge is 0.325 e. The van der Waals surface area contributed by atoms with Gasteiger partial charge in [0.05, 0.1) is 5.56 Å². The van der Waals surface area contributed by atoms with Crippen LogP contribution in [-0.2, 0) is 17.5 Å². The molecule has 0 unspecified atom stereocenters. The normalized spacial score (nSPS) is 11.3. The molecule has 2 aromatic rings. The van der Waals surface area contributed by atoms with Gasteiger partial charge in [-0.25, -0.2) is 0 Å². The topological polar surface area (TPSA) is 51.1 Å². The first-order valence-electron chi connectivity index (χ1n) is 6.40. The highest BCUT2D eigenvalue weighted by molar-refractivity contribution is 5.90. The molecular weight excluding hydrogens is 297 g/mol. The zero-order valence-electron chi connectivity index (χ0n) is 11.6. The van der Waals surface area contributed by atoms with Gasteiger partial charge in [-0.15, -0.1) is 0 Å². The van der Waals surface area contributed by atoms with Crippen molar-refractivity contribution in [3.05, 3.63) is 64.1 Å². The Morgan fingerprint density at radius 3 is 2.41 bits per heavy atom. The lowest BCUT2D eigenvalue weighted by Crippen LogP contribution is -2.28. The molecule has 1 N–H and O–H groups in total. The number of rotatable bonds is 3. The molecule has 0 aliphatic heterocycles. The highest BCUT2D eigenvalue weighted by atomic mass is 19.4. The number of hydrogen-bond donors (Lipinski definition) is 1.